The topological polar surface area (TPSA) is 78.9 Å². The highest BCUT2D eigenvalue weighted by molar-refractivity contribution is 6.32. The standard InChI is InChI=1S/C28H22ClN3O2/c29-22-12-15-25-24(16-22)26(21-10-13-23(33)14-11-21)31-27(30)28(34)32(25)17-18-6-8-20(9-7-18)19-4-2-1-3-5-19/h1-16,27,33H,17,30H2. The van der Waals surface area contributed by atoms with Crippen molar-refractivity contribution in [2.24, 2.45) is 10.7 Å². The number of phenolic OH excluding ortho intramolecular Hbond substituents is 1. The number of nitrogens with zero attached hydrogens (tertiary/aromatic N) is 2. The number of amides is 1. The molecule has 5 rings (SSSR count). The van der Waals surface area contributed by atoms with Gasteiger partial charge < -0.3 is 15.7 Å². The number of halogens is 1. The van der Waals surface area contributed by atoms with E-state index in [-0.39, 0.29) is 11.7 Å². The van der Waals surface area contributed by atoms with Crippen molar-refractivity contribution >= 4 is 28.9 Å². The summed E-state index contributed by atoms with van der Waals surface area (Å²) in [6, 6.07) is 30.3. The van der Waals surface area contributed by atoms with Crippen LogP contribution in [-0.4, -0.2) is 22.9 Å². The number of hydrogen-bond donors (Lipinski definition) is 2. The van der Waals surface area contributed by atoms with Gasteiger partial charge in [0.05, 0.1) is 17.9 Å². The zero-order valence-electron chi connectivity index (χ0n) is 18.2. The first-order chi connectivity index (χ1) is 16.5. The summed E-state index contributed by atoms with van der Waals surface area (Å²) in [7, 11) is 0. The van der Waals surface area contributed by atoms with E-state index in [0.29, 0.717) is 28.5 Å². The van der Waals surface area contributed by atoms with Crippen LogP contribution in [0.1, 0.15) is 16.7 Å². The van der Waals surface area contributed by atoms with Gasteiger partial charge in [0.1, 0.15) is 5.75 Å². The summed E-state index contributed by atoms with van der Waals surface area (Å²) < 4.78 is 0. The van der Waals surface area contributed by atoms with Crippen molar-refractivity contribution in [2.45, 2.75) is 12.7 Å². The Balaban J connectivity index is 1.53. The molecule has 1 unspecified atom stereocenters. The van der Waals surface area contributed by atoms with Crippen molar-refractivity contribution in [3.05, 3.63) is 119 Å². The molecule has 0 radical (unpaired) electrons. The van der Waals surface area contributed by atoms with Crippen LogP contribution in [0, 0.1) is 0 Å². The molecule has 34 heavy (non-hydrogen) atoms. The number of aromatic hydroxyl groups is 1. The Morgan fingerprint density at radius 3 is 2.21 bits per heavy atom. The van der Waals surface area contributed by atoms with Crippen molar-refractivity contribution < 1.29 is 9.90 Å². The maximum atomic E-state index is 13.3. The van der Waals surface area contributed by atoms with Gasteiger partial charge in [-0.15, -0.1) is 0 Å². The Hall–Kier alpha value is -3.93. The van der Waals surface area contributed by atoms with Crippen LogP contribution in [0.15, 0.2) is 102 Å². The van der Waals surface area contributed by atoms with E-state index in [1.807, 2.05) is 48.5 Å². The number of fused-ring (bicyclic) bond motifs is 1. The van der Waals surface area contributed by atoms with E-state index >= 15 is 0 Å². The highest BCUT2D eigenvalue weighted by atomic mass is 35.5. The lowest BCUT2D eigenvalue weighted by Crippen LogP contribution is -2.41. The predicted octanol–water partition coefficient (Wildman–Crippen LogP) is 5.38. The van der Waals surface area contributed by atoms with Crippen molar-refractivity contribution in [1.82, 2.24) is 0 Å². The van der Waals surface area contributed by atoms with Crippen LogP contribution < -0.4 is 10.6 Å². The van der Waals surface area contributed by atoms with Crippen molar-refractivity contribution in [3.8, 4) is 16.9 Å². The molecular formula is C28H22ClN3O2. The summed E-state index contributed by atoms with van der Waals surface area (Å²) in [6.07, 6.45) is -1.07. The first-order valence-electron chi connectivity index (χ1n) is 10.9. The van der Waals surface area contributed by atoms with Gasteiger partial charge >= 0.3 is 0 Å². The number of carbonyl (C=O) groups excluding carboxylic acids is 1. The van der Waals surface area contributed by atoms with Gasteiger partial charge in [-0.1, -0.05) is 66.2 Å². The average molecular weight is 468 g/mol. The van der Waals surface area contributed by atoms with E-state index in [0.717, 1.165) is 22.3 Å². The Bertz CT molecular complexity index is 1370. The van der Waals surface area contributed by atoms with Crippen molar-refractivity contribution in [3.63, 3.8) is 0 Å². The zero-order valence-corrected chi connectivity index (χ0v) is 19.0. The van der Waals surface area contributed by atoms with Crippen LogP contribution in [0.3, 0.4) is 0 Å². The second kappa shape index (κ2) is 9.14. The second-order valence-electron chi connectivity index (χ2n) is 8.12. The molecule has 0 saturated carbocycles. The number of phenols is 1. The van der Waals surface area contributed by atoms with Crippen LogP contribution in [-0.2, 0) is 11.3 Å². The van der Waals surface area contributed by atoms with Gasteiger partial charge in [-0.2, -0.15) is 0 Å². The summed E-state index contributed by atoms with van der Waals surface area (Å²) in [6.45, 7) is 0.342. The van der Waals surface area contributed by atoms with Crippen LogP contribution in [0.5, 0.6) is 5.75 Å². The number of rotatable bonds is 4. The molecule has 1 atom stereocenters. The van der Waals surface area contributed by atoms with E-state index in [2.05, 4.69) is 17.1 Å². The molecule has 0 saturated heterocycles. The molecule has 4 aromatic rings. The van der Waals surface area contributed by atoms with Crippen molar-refractivity contribution in [1.29, 1.82) is 0 Å². The van der Waals surface area contributed by atoms with E-state index in [1.54, 1.807) is 41.3 Å². The molecule has 0 aliphatic carbocycles. The maximum absolute atomic E-state index is 13.3. The summed E-state index contributed by atoms with van der Waals surface area (Å²) in [5.41, 5.74) is 12.1. The molecule has 1 aliphatic heterocycles. The molecule has 1 amide bonds. The van der Waals surface area contributed by atoms with Gasteiger partial charge in [-0.05, 0) is 59.2 Å². The quantitative estimate of drug-likeness (QED) is 0.423. The Morgan fingerprint density at radius 1 is 0.853 bits per heavy atom. The Kier molecular flexibility index (Phi) is 5.88. The van der Waals surface area contributed by atoms with Crippen molar-refractivity contribution in [2.75, 3.05) is 4.90 Å². The van der Waals surface area contributed by atoms with Crippen LogP contribution >= 0.6 is 11.6 Å². The summed E-state index contributed by atoms with van der Waals surface area (Å²) >= 11 is 6.33. The number of benzene rings is 4. The van der Waals surface area contributed by atoms with Gasteiger partial charge in [0.15, 0.2) is 6.17 Å². The van der Waals surface area contributed by atoms with Crippen LogP contribution in [0.25, 0.3) is 11.1 Å². The number of benzodiazepines with no additional fused rings is 1. The van der Waals surface area contributed by atoms with Crippen LogP contribution in [0.4, 0.5) is 5.69 Å². The summed E-state index contributed by atoms with van der Waals surface area (Å²) in [4.78, 5) is 19.5. The SMILES string of the molecule is NC1N=C(c2ccc(O)cc2)c2cc(Cl)ccc2N(Cc2ccc(-c3ccccc3)cc2)C1=O. The molecule has 1 aliphatic rings. The van der Waals surface area contributed by atoms with Crippen LogP contribution in [0.2, 0.25) is 5.02 Å². The third-order valence-electron chi connectivity index (χ3n) is 5.83. The van der Waals surface area contributed by atoms with Gasteiger partial charge in [0.2, 0.25) is 0 Å². The molecule has 0 aromatic heterocycles. The Labute approximate surface area is 202 Å². The molecule has 6 heteroatoms. The van der Waals surface area contributed by atoms with Gasteiger partial charge in [0.25, 0.3) is 5.91 Å². The third kappa shape index (κ3) is 4.31. The Morgan fingerprint density at radius 2 is 1.50 bits per heavy atom. The minimum Gasteiger partial charge on any atom is -0.508 e. The largest absolute Gasteiger partial charge is 0.508 e. The predicted molar refractivity (Wildman–Crippen MR) is 136 cm³/mol. The minimum absolute atomic E-state index is 0.144. The van der Waals surface area contributed by atoms with E-state index in [1.165, 1.54) is 0 Å². The smallest absolute Gasteiger partial charge is 0.266 e. The number of nitrogens with two attached hydrogens (primary N) is 1. The summed E-state index contributed by atoms with van der Waals surface area (Å²) in [5, 5.41) is 10.2. The number of aliphatic imine (C=N–C) groups is 1. The minimum atomic E-state index is -1.07. The number of carbonyl (C=O) groups is 1. The fraction of sp³-hybridized carbons (Fsp3) is 0.0714. The van der Waals surface area contributed by atoms with Gasteiger partial charge in [0, 0.05) is 16.1 Å². The molecule has 5 nitrogen and oxygen atoms in total. The fourth-order valence-electron chi connectivity index (χ4n) is 4.10. The molecule has 0 fully saturated rings. The monoisotopic (exact) mass is 467 g/mol. The molecule has 3 N–H and O–H groups in total. The second-order valence-corrected chi connectivity index (χ2v) is 8.55. The first-order valence-corrected chi connectivity index (χ1v) is 11.3. The molecule has 0 spiro atoms. The van der Waals surface area contributed by atoms with Gasteiger partial charge in [-0.3, -0.25) is 9.79 Å². The van der Waals surface area contributed by atoms with E-state index in [4.69, 9.17) is 17.3 Å². The lowest BCUT2D eigenvalue weighted by atomic mass is 9.99. The molecule has 0 bridgehead atoms. The molecular weight excluding hydrogens is 446 g/mol. The number of anilines is 1. The number of hydrogen-bond acceptors (Lipinski definition) is 4. The summed E-state index contributed by atoms with van der Waals surface area (Å²) in [5.74, 6) is -0.158. The first kappa shape index (κ1) is 21.9. The highest BCUT2D eigenvalue weighted by Crippen LogP contribution is 2.32. The highest BCUT2D eigenvalue weighted by Gasteiger charge is 2.30. The third-order valence-corrected chi connectivity index (χ3v) is 6.07. The van der Waals surface area contributed by atoms with E-state index < -0.39 is 6.17 Å². The lowest BCUT2D eigenvalue weighted by molar-refractivity contribution is -0.119. The lowest BCUT2D eigenvalue weighted by Gasteiger charge is -2.24. The normalized spacial score (nSPS) is 15.5. The van der Waals surface area contributed by atoms with Gasteiger partial charge in [-0.25, -0.2) is 0 Å². The molecule has 168 valence electrons. The van der Waals surface area contributed by atoms with E-state index in [9.17, 15) is 9.90 Å². The zero-order chi connectivity index (χ0) is 23.7. The average Bonchev–Trinajstić information content (AvgIpc) is 2.96. The molecule has 4 aromatic carbocycles. The fourth-order valence-corrected chi connectivity index (χ4v) is 4.28. The molecule has 1 heterocycles. The maximum Gasteiger partial charge on any atom is 0.266 e.